The molecule has 72 valence electrons. The van der Waals surface area contributed by atoms with Gasteiger partial charge in [-0.25, -0.2) is 0 Å². The van der Waals surface area contributed by atoms with E-state index in [1.54, 1.807) is 6.92 Å². The molecule has 1 aromatic rings. The van der Waals surface area contributed by atoms with E-state index in [4.69, 9.17) is 9.66 Å². The van der Waals surface area contributed by atoms with Crippen LogP contribution in [0.2, 0.25) is 0 Å². The van der Waals surface area contributed by atoms with E-state index in [2.05, 4.69) is 0 Å². The monoisotopic (exact) mass is 202 g/mol. The molecule has 0 spiro atoms. The molecule has 0 atom stereocenters. The predicted molar refractivity (Wildman–Crippen MR) is 46.9 cm³/mol. The van der Waals surface area contributed by atoms with Crippen LogP contribution in [0.1, 0.15) is 11.1 Å². The Labute approximate surface area is 76.6 Å². The van der Waals surface area contributed by atoms with Gasteiger partial charge in [0.2, 0.25) is 0 Å². The summed E-state index contributed by atoms with van der Waals surface area (Å²) in [5.41, 5.74) is 1.04. The summed E-state index contributed by atoms with van der Waals surface area (Å²) < 4.78 is 30.2. The van der Waals surface area contributed by atoms with Crippen LogP contribution in [0.5, 0.6) is 0 Å². The van der Waals surface area contributed by atoms with Crippen LogP contribution >= 0.6 is 0 Å². The van der Waals surface area contributed by atoms with E-state index in [9.17, 15) is 8.42 Å². The fourth-order valence-corrected chi connectivity index (χ4v) is 1.81. The van der Waals surface area contributed by atoms with Gasteiger partial charge in [0.25, 0.3) is 10.1 Å². The molecule has 4 nitrogen and oxygen atoms in total. The maximum Gasteiger partial charge on any atom is 0.294 e. The van der Waals surface area contributed by atoms with Crippen molar-refractivity contribution in [2.75, 3.05) is 0 Å². The zero-order chi connectivity index (χ0) is 10.1. The van der Waals surface area contributed by atoms with Crippen molar-refractivity contribution >= 4 is 10.1 Å². The molecule has 0 saturated carbocycles. The minimum absolute atomic E-state index is 0.121. The molecular formula is C8H10O4S. The zero-order valence-corrected chi connectivity index (χ0v) is 7.87. The number of hydrogen-bond donors (Lipinski definition) is 2. The highest BCUT2D eigenvalue weighted by atomic mass is 32.2. The lowest BCUT2D eigenvalue weighted by Gasteiger charge is -2.03. The molecule has 0 aliphatic heterocycles. The van der Waals surface area contributed by atoms with E-state index in [0.717, 1.165) is 0 Å². The van der Waals surface area contributed by atoms with Crippen molar-refractivity contribution < 1.29 is 18.1 Å². The fraction of sp³-hybridized carbons (Fsp3) is 0.250. The first kappa shape index (κ1) is 10.2. The van der Waals surface area contributed by atoms with Crippen LogP contribution in [0.15, 0.2) is 23.1 Å². The largest absolute Gasteiger partial charge is 0.392 e. The van der Waals surface area contributed by atoms with Crippen molar-refractivity contribution in [3.63, 3.8) is 0 Å². The summed E-state index contributed by atoms with van der Waals surface area (Å²) in [7, 11) is -4.14. The Morgan fingerprint density at radius 2 is 2.00 bits per heavy atom. The van der Waals surface area contributed by atoms with Gasteiger partial charge in [-0.05, 0) is 24.1 Å². The molecule has 0 amide bonds. The van der Waals surface area contributed by atoms with Crippen LogP contribution in [0.4, 0.5) is 0 Å². The molecule has 0 aromatic heterocycles. The highest BCUT2D eigenvalue weighted by Gasteiger charge is 2.12. The summed E-state index contributed by atoms with van der Waals surface area (Å²) in [5.74, 6) is 0. The second kappa shape index (κ2) is 3.45. The lowest BCUT2D eigenvalue weighted by molar-refractivity contribution is 0.281. The Hall–Kier alpha value is -0.910. The van der Waals surface area contributed by atoms with Crippen molar-refractivity contribution in [1.82, 2.24) is 0 Å². The Bertz CT molecular complexity index is 408. The molecule has 0 fully saturated rings. The second-order valence-corrected chi connectivity index (χ2v) is 4.12. The minimum atomic E-state index is -4.14. The molecule has 1 aromatic carbocycles. The lowest BCUT2D eigenvalue weighted by Crippen LogP contribution is -2.01. The van der Waals surface area contributed by atoms with E-state index < -0.39 is 10.1 Å². The first-order valence-corrected chi connectivity index (χ1v) is 5.07. The molecule has 0 radical (unpaired) electrons. The van der Waals surface area contributed by atoms with Crippen molar-refractivity contribution in [3.8, 4) is 0 Å². The van der Waals surface area contributed by atoms with Crippen molar-refractivity contribution in [3.05, 3.63) is 29.3 Å². The normalized spacial score (nSPS) is 11.6. The molecule has 5 heteroatoms. The van der Waals surface area contributed by atoms with E-state index in [0.29, 0.717) is 11.1 Å². The Kier molecular flexibility index (Phi) is 2.70. The predicted octanol–water partition coefficient (Wildman–Crippen LogP) is 0.734. The molecular weight excluding hydrogens is 192 g/mol. The van der Waals surface area contributed by atoms with Gasteiger partial charge in [0.1, 0.15) is 0 Å². The summed E-state index contributed by atoms with van der Waals surface area (Å²) >= 11 is 0. The number of aliphatic hydroxyl groups excluding tert-OH is 1. The maximum absolute atomic E-state index is 10.7. The molecule has 2 N–H and O–H groups in total. The molecule has 0 bridgehead atoms. The summed E-state index contributed by atoms with van der Waals surface area (Å²) in [6.07, 6.45) is 0. The van der Waals surface area contributed by atoms with Crippen molar-refractivity contribution in [1.29, 1.82) is 0 Å². The Morgan fingerprint density at radius 3 is 2.38 bits per heavy atom. The minimum Gasteiger partial charge on any atom is -0.392 e. The summed E-state index contributed by atoms with van der Waals surface area (Å²) in [6.45, 7) is 1.41. The van der Waals surface area contributed by atoms with Gasteiger partial charge in [0.05, 0.1) is 11.5 Å². The van der Waals surface area contributed by atoms with E-state index >= 15 is 0 Å². The first-order valence-electron chi connectivity index (χ1n) is 3.63. The highest BCUT2D eigenvalue weighted by Crippen LogP contribution is 2.16. The van der Waals surface area contributed by atoms with Gasteiger partial charge < -0.3 is 5.11 Å². The molecule has 0 unspecified atom stereocenters. The van der Waals surface area contributed by atoms with Gasteiger partial charge in [-0.1, -0.05) is 12.1 Å². The fourth-order valence-electron chi connectivity index (χ4n) is 1.10. The number of hydrogen-bond acceptors (Lipinski definition) is 3. The van der Waals surface area contributed by atoms with Gasteiger partial charge in [-0.3, -0.25) is 4.55 Å². The van der Waals surface area contributed by atoms with Gasteiger partial charge in [-0.2, -0.15) is 8.42 Å². The van der Waals surface area contributed by atoms with Crippen LogP contribution in [0, 0.1) is 6.92 Å². The smallest absolute Gasteiger partial charge is 0.294 e. The molecule has 13 heavy (non-hydrogen) atoms. The summed E-state index contributed by atoms with van der Waals surface area (Å²) in [5, 5.41) is 8.74. The van der Waals surface area contributed by atoms with Gasteiger partial charge in [0.15, 0.2) is 0 Å². The van der Waals surface area contributed by atoms with Gasteiger partial charge in [0, 0.05) is 0 Å². The van der Waals surface area contributed by atoms with Crippen LogP contribution in [-0.2, 0) is 16.7 Å². The number of benzene rings is 1. The third-order valence-corrected chi connectivity index (χ3v) is 2.71. The molecule has 1 rings (SSSR count). The molecule has 0 aliphatic carbocycles. The van der Waals surface area contributed by atoms with E-state index in [1.165, 1.54) is 18.2 Å². The van der Waals surface area contributed by atoms with Crippen molar-refractivity contribution in [2.45, 2.75) is 18.4 Å². The molecule has 0 heterocycles. The lowest BCUT2D eigenvalue weighted by atomic mass is 10.1. The Balaban J connectivity index is 3.29. The summed E-state index contributed by atoms with van der Waals surface area (Å²) in [6, 6.07) is 4.25. The van der Waals surface area contributed by atoms with Gasteiger partial charge in [-0.15, -0.1) is 0 Å². The number of rotatable bonds is 2. The average Bonchev–Trinajstić information content (AvgIpc) is 2.01. The standard InChI is InChI=1S/C8H10O4S/c1-6-4-7(5-9)2-3-8(6)13(10,11)12/h2-4,9H,5H2,1H3,(H,10,11,12). The quantitative estimate of drug-likeness (QED) is 0.693. The second-order valence-electron chi connectivity index (χ2n) is 2.73. The molecule has 0 aliphatic rings. The number of aliphatic hydroxyl groups is 1. The van der Waals surface area contributed by atoms with Crippen LogP contribution < -0.4 is 0 Å². The highest BCUT2D eigenvalue weighted by molar-refractivity contribution is 7.85. The first-order chi connectivity index (χ1) is 5.95. The van der Waals surface area contributed by atoms with Crippen LogP contribution in [0.25, 0.3) is 0 Å². The van der Waals surface area contributed by atoms with Crippen LogP contribution in [0.3, 0.4) is 0 Å². The zero-order valence-electron chi connectivity index (χ0n) is 7.06. The maximum atomic E-state index is 10.7. The molecule has 0 saturated heterocycles. The van der Waals surface area contributed by atoms with Crippen LogP contribution in [-0.4, -0.2) is 18.1 Å². The SMILES string of the molecule is Cc1cc(CO)ccc1S(=O)(=O)O. The van der Waals surface area contributed by atoms with E-state index in [1.807, 2.05) is 0 Å². The third kappa shape index (κ3) is 2.27. The average molecular weight is 202 g/mol. The summed E-state index contributed by atoms with van der Waals surface area (Å²) in [4.78, 5) is -0.121. The topological polar surface area (TPSA) is 74.6 Å². The number of aryl methyl sites for hydroxylation is 1. The van der Waals surface area contributed by atoms with Crippen molar-refractivity contribution in [2.24, 2.45) is 0 Å². The van der Waals surface area contributed by atoms with E-state index in [-0.39, 0.29) is 11.5 Å². The van der Waals surface area contributed by atoms with Gasteiger partial charge >= 0.3 is 0 Å². The third-order valence-electron chi connectivity index (χ3n) is 1.70. The Morgan fingerprint density at radius 1 is 1.38 bits per heavy atom.